The van der Waals surface area contributed by atoms with Crippen LogP contribution in [0.3, 0.4) is 0 Å². The molecule has 1 heterocycles. The van der Waals surface area contributed by atoms with Crippen molar-refractivity contribution < 1.29 is 0 Å². The molecule has 4 aromatic rings. The minimum absolute atomic E-state index is 0.581. The van der Waals surface area contributed by atoms with Crippen LogP contribution in [0.1, 0.15) is 16.7 Å². The molecule has 0 spiro atoms. The molecular weight excluding hydrogens is 332 g/mol. The third-order valence-corrected chi connectivity index (χ3v) is 4.77. The Morgan fingerprint density at radius 2 is 1.48 bits per heavy atom. The first kappa shape index (κ1) is 17.0. The summed E-state index contributed by atoms with van der Waals surface area (Å²) in [5.74, 6) is 1.37. The van der Waals surface area contributed by atoms with Crippen molar-refractivity contribution in [3.05, 3.63) is 83.4 Å². The second-order valence-electron chi connectivity index (χ2n) is 6.78. The molecule has 0 unspecified atom stereocenters. The third kappa shape index (κ3) is 3.60. The molecule has 0 bridgehead atoms. The number of rotatable bonds is 4. The molecule has 3 aromatic carbocycles. The molecule has 1 aromatic heterocycles. The van der Waals surface area contributed by atoms with E-state index >= 15 is 0 Å². The van der Waals surface area contributed by atoms with Crippen molar-refractivity contribution in [3.63, 3.8) is 0 Å². The lowest BCUT2D eigenvalue weighted by Gasteiger charge is -2.14. The molecule has 4 rings (SSSR count). The van der Waals surface area contributed by atoms with Gasteiger partial charge >= 0.3 is 0 Å². The van der Waals surface area contributed by atoms with Gasteiger partial charge in [-0.1, -0.05) is 42.0 Å². The molecule has 0 fully saturated rings. The van der Waals surface area contributed by atoms with Crippen molar-refractivity contribution in [3.8, 4) is 0 Å². The van der Waals surface area contributed by atoms with Gasteiger partial charge in [-0.15, -0.1) is 0 Å². The highest BCUT2D eigenvalue weighted by atomic mass is 15.1. The minimum Gasteiger partial charge on any atom is -0.340 e. The Morgan fingerprint density at radius 1 is 0.704 bits per heavy atom. The summed E-state index contributed by atoms with van der Waals surface area (Å²) in [5, 5.41) is 7.80. The first-order chi connectivity index (χ1) is 13.1. The minimum atomic E-state index is 0.581. The summed E-state index contributed by atoms with van der Waals surface area (Å²) < 4.78 is 0. The average molecular weight is 354 g/mol. The summed E-state index contributed by atoms with van der Waals surface area (Å²) in [6, 6.07) is 22.5. The fourth-order valence-electron chi connectivity index (χ4n) is 3.01. The fourth-order valence-corrected chi connectivity index (χ4v) is 3.01. The van der Waals surface area contributed by atoms with E-state index in [1.807, 2.05) is 36.4 Å². The second-order valence-corrected chi connectivity index (χ2v) is 6.78. The van der Waals surface area contributed by atoms with Crippen LogP contribution < -0.4 is 10.6 Å². The molecule has 4 heteroatoms. The van der Waals surface area contributed by atoms with Crippen LogP contribution >= 0.6 is 0 Å². The molecule has 0 saturated carbocycles. The van der Waals surface area contributed by atoms with Crippen LogP contribution in [0.15, 0.2) is 66.7 Å². The van der Waals surface area contributed by atoms with Crippen LogP contribution in [0.25, 0.3) is 10.9 Å². The zero-order chi connectivity index (χ0) is 18.8. The van der Waals surface area contributed by atoms with E-state index in [-0.39, 0.29) is 0 Å². The summed E-state index contributed by atoms with van der Waals surface area (Å²) in [5.41, 5.74) is 6.58. The maximum Gasteiger partial charge on any atom is 0.229 e. The van der Waals surface area contributed by atoms with Gasteiger partial charge in [-0.05, 0) is 62.2 Å². The fraction of sp³-hybridized carbons (Fsp3) is 0.130. The Kier molecular flexibility index (Phi) is 4.47. The standard InChI is InChI=1S/C23H22N4/c1-15-11-13-18(14-12-15)24-22-19-8-4-5-9-21(19)26-23(27-22)25-20-10-6-7-16(2)17(20)3/h4-14H,1-3H3,(H2,24,25,26,27). The molecule has 134 valence electrons. The largest absolute Gasteiger partial charge is 0.340 e. The van der Waals surface area contributed by atoms with E-state index in [9.17, 15) is 0 Å². The SMILES string of the molecule is Cc1ccc(Nc2nc(Nc3cccc(C)c3C)nc3ccccc23)cc1. The van der Waals surface area contributed by atoms with Crippen LogP contribution in [0.4, 0.5) is 23.1 Å². The summed E-state index contributed by atoms with van der Waals surface area (Å²) >= 11 is 0. The molecule has 0 aliphatic rings. The van der Waals surface area contributed by atoms with Gasteiger partial charge in [0.05, 0.1) is 5.52 Å². The number of para-hydroxylation sites is 1. The summed E-state index contributed by atoms with van der Waals surface area (Å²) in [4.78, 5) is 9.45. The van der Waals surface area contributed by atoms with Crippen LogP contribution in [0.2, 0.25) is 0 Å². The zero-order valence-corrected chi connectivity index (χ0v) is 15.7. The molecule has 2 N–H and O–H groups in total. The predicted octanol–water partition coefficient (Wildman–Crippen LogP) is 6.04. The first-order valence-corrected chi connectivity index (χ1v) is 9.04. The zero-order valence-electron chi connectivity index (χ0n) is 15.7. The van der Waals surface area contributed by atoms with Crippen LogP contribution in [0.5, 0.6) is 0 Å². The lowest BCUT2D eigenvalue weighted by molar-refractivity contribution is 1.20. The Morgan fingerprint density at radius 3 is 2.30 bits per heavy atom. The molecule has 0 atom stereocenters. The van der Waals surface area contributed by atoms with Gasteiger partial charge in [0.2, 0.25) is 5.95 Å². The van der Waals surface area contributed by atoms with Crippen molar-refractivity contribution in [1.29, 1.82) is 0 Å². The van der Waals surface area contributed by atoms with E-state index in [1.165, 1.54) is 16.7 Å². The number of anilines is 4. The topological polar surface area (TPSA) is 49.8 Å². The van der Waals surface area contributed by atoms with E-state index < -0.39 is 0 Å². The lowest BCUT2D eigenvalue weighted by atomic mass is 10.1. The van der Waals surface area contributed by atoms with Gasteiger partial charge in [0.25, 0.3) is 0 Å². The normalized spacial score (nSPS) is 10.8. The molecule has 0 aliphatic carbocycles. The summed E-state index contributed by atoms with van der Waals surface area (Å²) in [7, 11) is 0. The highest BCUT2D eigenvalue weighted by Crippen LogP contribution is 2.27. The van der Waals surface area contributed by atoms with Gasteiger partial charge in [-0.2, -0.15) is 4.98 Å². The van der Waals surface area contributed by atoms with Gasteiger partial charge in [0.1, 0.15) is 5.82 Å². The van der Waals surface area contributed by atoms with Gasteiger partial charge in [-0.25, -0.2) is 4.98 Å². The maximum atomic E-state index is 4.75. The van der Waals surface area contributed by atoms with Gasteiger partial charge < -0.3 is 10.6 Å². The monoisotopic (exact) mass is 354 g/mol. The van der Waals surface area contributed by atoms with Crippen molar-refractivity contribution >= 4 is 34.0 Å². The van der Waals surface area contributed by atoms with Crippen LogP contribution in [-0.4, -0.2) is 9.97 Å². The molecule has 0 radical (unpaired) electrons. The number of aryl methyl sites for hydroxylation is 2. The van der Waals surface area contributed by atoms with Gasteiger partial charge in [0, 0.05) is 16.8 Å². The number of benzene rings is 3. The number of nitrogens with one attached hydrogen (secondary N) is 2. The van der Waals surface area contributed by atoms with Crippen LogP contribution in [-0.2, 0) is 0 Å². The first-order valence-electron chi connectivity index (χ1n) is 9.04. The molecule has 0 aliphatic heterocycles. The van der Waals surface area contributed by atoms with Gasteiger partial charge in [-0.3, -0.25) is 0 Å². The maximum absolute atomic E-state index is 4.75. The quantitative estimate of drug-likeness (QED) is 0.469. The van der Waals surface area contributed by atoms with E-state index in [1.54, 1.807) is 0 Å². The Hall–Kier alpha value is -3.40. The Labute approximate surface area is 159 Å². The lowest BCUT2D eigenvalue weighted by Crippen LogP contribution is -2.03. The number of hydrogen-bond donors (Lipinski definition) is 2. The predicted molar refractivity (Wildman–Crippen MR) is 113 cm³/mol. The highest BCUT2D eigenvalue weighted by molar-refractivity contribution is 5.92. The van der Waals surface area contributed by atoms with Gasteiger partial charge in [0.15, 0.2) is 0 Å². The summed E-state index contributed by atoms with van der Waals surface area (Å²) in [6.07, 6.45) is 0. The molecule has 4 nitrogen and oxygen atoms in total. The molecule has 27 heavy (non-hydrogen) atoms. The average Bonchev–Trinajstić information content (AvgIpc) is 2.67. The molecule has 0 saturated heterocycles. The highest BCUT2D eigenvalue weighted by Gasteiger charge is 2.09. The van der Waals surface area contributed by atoms with Crippen molar-refractivity contribution in [2.45, 2.75) is 20.8 Å². The van der Waals surface area contributed by atoms with E-state index in [2.05, 4.69) is 61.7 Å². The number of hydrogen-bond acceptors (Lipinski definition) is 4. The van der Waals surface area contributed by atoms with E-state index in [0.717, 1.165) is 28.1 Å². The number of fused-ring (bicyclic) bond motifs is 1. The number of nitrogens with zero attached hydrogens (tertiary/aromatic N) is 2. The summed E-state index contributed by atoms with van der Waals surface area (Å²) in [6.45, 7) is 6.28. The third-order valence-electron chi connectivity index (χ3n) is 4.77. The van der Waals surface area contributed by atoms with Crippen molar-refractivity contribution in [1.82, 2.24) is 9.97 Å². The van der Waals surface area contributed by atoms with Crippen LogP contribution in [0, 0.1) is 20.8 Å². The van der Waals surface area contributed by atoms with Crippen molar-refractivity contribution in [2.24, 2.45) is 0 Å². The Balaban J connectivity index is 1.76. The molecule has 0 amide bonds. The van der Waals surface area contributed by atoms with E-state index in [0.29, 0.717) is 5.95 Å². The smallest absolute Gasteiger partial charge is 0.229 e. The second kappa shape index (κ2) is 7.08. The number of aromatic nitrogens is 2. The van der Waals surface area contributed by atoms with E-state index in [4.69, 9.17) is 9.97 Å². The molecular formula is C23H22N4. The van der Waals surface area contributed by atoms with Crippen molar-refractivity contribution in [2.75, 3.05) is 10.6 Å². The Bertz CT molecular complexity index is 1100.